The molecule has 3 heteroatoms. The summed E-state index contributed by atoms with van der Waals surface area (Å²) in [5.74, 6) is -0.315. The van der Waals surface area contributed by atoms with Crippen LogP contribution in [0.15, 0.2) is 18.2 Å². The number of hydrogen-bond donors (Lipinski definition) is 1. The summed E-state index contributed by atoms with van der Waals surface area (Å²) in [5, 5.41) is 0. The molecule has 1 aromatic rings. The Balaban J connectivity index is 3.15. The number of esters is 1. The van der Waals surface area contributed by atoms with Gasteiger partial charge in [0.05, 0.1) is 12.7 Å². The minimum atomic E-state index is -0.315. The first-order valence-corrected chi connectivity index (χ1v) is 4.50. The minimum Gasteiger partial charge on any atom is -0.465 e. The van der Waals surface area contributed by atoms with Crippen molar-refractivity contribution in [1.29, 1.82) is 0 Å². The summed E-state index contributed by atoms with van der Waals surface area (Å²) in [6.45, 7) is 3.75. The van der Waals surface area contributed by atoms with Crippen molar-refractivity contribution in [3.8, 4) is 0 Å². The fourth-order valence-electron chi connectivity index (χ4n) is 1.25. The van der Waals surface area contributed by atoms with Gasteiger partial charge in [0, 0.05) is 6.04 Å². The van der Waals surface area contributed by atoms with Crippen LogP contribution in [0.3, 0.4) is 0 Å². The van der Waals surface area contributed by atoms with Crippen LogP contribution in [0, 0.1) is 6.92 Å². The van der Waals surface area contributed by atoms with Gasteiger partial charge in [0.2, 0.25) is 0 Å². The second-order valence-electron chi connectivity index (χ2n) is 3.35. The zero-order chi connectivity index (χ0) is 10.7. The Morgan fingerprint density at radius 2 is 2.14 bits per heavy atom. The monoisotopic (exact) mass is 193 g/mol. The number of aryl methyl sites for hydroxylation is 1. The SMILES string of the molecule is COC(=O)c1cc(C(C)N)ccc1C. The highest BCUT2D eigenvalue weighted by Gasteiger charge is 2.10. The molecule has 3 nitrogen and oxygen atoms in total. The summed E-state index contributed by atoms with van der Waals surface area (Å²) in [6.07, 6.45) is 0. The smallest absolute Gasteiger partial charge is 0.338 e. The Bertz CT molecular complexity index is 345. The van der Waals surface area contributed by atoms with E-state index < -0.39 is 0 Å². The second-order valence-corrected chi connectivity index (χ2v) is 3.35. The van der Waals surface area contributed by atoms with Gasteiger partial charge in [-0.1, -0.05) is 12.1 Å². The van der Waals surface area contributed by atoms with Gasteiger partial charge in [0.15, 0.2) is 0 Å². The van der Waals surface area contributed by atoms with Crippen molar-refractivity contribution >= 4 is 5.97 Å². The van der Waals surface area contributed by atoms with Gasteiger partial charge >= 0.3 is 5.97 Å². The van der Waals surface area contributed by atoms with E-state index in [0.717, 1.165) is 11.1 Å². The predicted octanol–water partition coefficient (Wildman–Crippen LogP) is 1.80. The summed E-state index contributed by atoms with van der Waals surface area (Å²) in [7, 11) is 1.38. The number of hydrogen-bond acceptors (Lipinski definition) is 3. The van der Waals surface area contributed by atoms with Crippen molar-refractivity contribution in [2.75, 3.05) is 7.11 Å². The molecule has 0 heterocycles. The lowest BCUT2D eigenvalue weighted by Gasteiger charge is -2.09. The molecule has 0 amide bonds. The molecule has 1 rings (SSSR count). The largest absolute Gasteiger partial charge is 0.465 e. The zero-order valence-electron chi connectivity index (χ0n) is 8.70. The molecule has 0 radical (unpaired) electrons. The third-order valence-corrected chi connectivity index (χ3v) is 2.19. The Kier molecular flexibility index (Phi) is 3.25. The quantitative estimate of drug-likeness (QED) is 0.729. The maximum Gasteiger partial charge on any atom is 0.338 e. The van der Waals surface area contributed by atoms with Gasteiger partial charge in [-0.2, -0.15) is 0 Å². The summed E-state index contributed by atoms with van der Waals surface area (Å²) >= 11 is 0. The van der Waals surface area contributed by atoms with Crippen molar-refractivity contribution in [2.45, 2.75) is 19.9 Å². The van der Waals surface area contributed by atoms with Gasteiger partial charge in [-0.05, 0) is 31.0 Å². The molecule has 0 aromatic heterocycles. The molecule has 76 valence electrons. The maximum atomic E-state index is 11.3. The molecule has 2 N–H and O–H groups in total. The maximum absolute atomic E-state index is 11.3. The third kappa shape index (κ3) is 2.12. The molecule has 1 unspecified atom stereocenters. The van der Waals surface area contributed by atoms with Gasteiger partial charge in [-0.15, -0.1) is 0 Å². The summed E-state index contributed by atoms with van der Waals surface area (Å²) in [6, 6.07) is 5.52. The number of carbonyl (C=O) groups is 1. The first-order valence-electron chi connectivity index (χ1n) is 4.50. The first-order chi connectivity index (χ1) is 6.56. The molecule has 0 bridgehead atoms. The standard InChI is InChI=1S/C11H15NO2/c1-7-4-5-9(8(2)12)6-10(7)11(13)14-3/h4-6,8H,12H2,1-3H3. The Morgan fingerprint density at radius 3 is 2.64 bits per heavy atom. The van der Waals surface area contributed by atoms with E-state index in [1.165, 1.54) is 7.11 Å². The van der Waals surface area contributed by atoms with Crippen LogP contribution in [0.1, 0.15) is 34.5 Å². The molecule has 0 saturated heterocycles. The molecule has 0 fully saturated rings. The molecule has 0 aliphatic heterocycles. The summed E-state index contributed by atoms with van der Waals surface area (Å²) in [4.78, 5) is 11.3. The fraction of sp³-hybridized carbons (Fsp3) is 0.364. The van der Waals surface area contributed by atoms with E-state index in [4.69, 9.17) is 5.73 Å². The molecule has 0 spiro atoms. The molecular formula is C11H15NO2. The van der Waals surface area contributed by atoms with Gasteiger partial charge in [-0.3, -0.25) is 0 Å². The Hall–Kier alpha value is -1.35. The number of methoxy groups -OCH3 is 1. The van der Waals surface area contributed by atoms with Crippen LogP contribution >= 0.6 is 0 Å². The fourth-order valence-corrected chi connectivity index (χ4v) is 1.25. The normalized spacial score (nSPS) is 12.3. The third-order valence-electron chi connectivity index (χ3n) is 2.19. The molecule has 1 atom stereocenters. The average molecular weight is 193 g/mol. The summed E-state index contributed by atoms with van der Waals surface area (Å²) in [5.41, 5.74) is 8.15. The van der Waals surface area contributed by atoms with Crippen molar-refractivity contribution < 1.29 is 9.53 Å². The number of benzene rings is 1. The van der Waals surface area contributed by atoms with Crippen LogP contribution in [-0.2, 0) is 4.74 Å². The first kappa shape index (κ1) is 10.7. The number of ether oxygens (including phenoxy) is 1. The average Bonchev–Trinajstić information content (AvgIpc) is 2.17. The van der Waals surface area contributed by atoms with Gasteiger partial charge in [0.25, 0.3) is 0 Å². The van der Waals surface area contributed by atoms with Crippen LogP contribution in [-0.4, -0.2) is 13.1 Å². The lowest BCUT2D eigenvalue weighted by atomic mass is 10.0. The molecule has 0 aliphatic rings. The number of rotatable bonds is 2. The lowest BCUT2D eigenvalue weighted by molar-refractivity contribution is 0.0600. The van der Waals surface area contributed by atoms with Crippen molar-refractivity contribution in [2.24, 2.45) is 5.73 Å². The van der Waals surface area contributed by atoms with E-state index in [9.17, 15) is 4.79 Å². The summed E-state index contributed by atoms with van der Waals surface area (Å²) < 4.78 is 4.67. The Morgan fingerprint density at radius 1 is 1.50 bits per heavy atom. The molecule has 14 heavy (non-hydrogen) atoms. The van der Waals surface area contributed by atoms with Gasteiger partial charge in [0.1, 0.15) is 0 Å². The van der Waals surface area contributed by atoms with Gasteiger partial charge < -0.3 is 10.5 Å². The van der Waals surface area contributed by atoms with Crippen molar-refractivity contribution in [1.82, 2.24) is 0 Å². The lowest BCUT2D eigenvalue weighted by Crippen LogP contribution is -2.09. The van der Waals surface area contributed by atoms with Crippen LogP contribution in [0.4, 0.5) is 0 Å². The van der Waals surface area contributed by atoms with Crippen LogP contribution < -0.4 is 5.73 Å². The number of carbonyl (C=O) groups excluding carboxylic acids is 1. The molecule has 1 aromatic carbocycles. The minimum absolute atomic E-state index is 0.0704. The highest BCUT2D eigenvalue weighted by Crippen LogP contribution is 2.16. The molecular weight excluding hydrogens is 178 g/mol. The molecule has 0 aliphatic carbocycles. The van der Waals surface area contributed by atoms with E-state index in [1.807, 2.05) is 26.0 Å². The second kappa shape index (κ2) is 4.24. The van der Waals surface area contributed by atoms with Crippen molar-refractivity contribution in [3.63, 3.8) is 0 Å². The van der Waals surface area contributed by atoms with E-state index in [1.54, 1.807) is 6.07 Å². The van der Waals surface area contributed by atoms with E-state index in [0.29, 0.717) is 5.56 Å². The van der Waals surface area contributed by atoms with Crippen LogP contribution in [0.2, 0.25) is 0 Å². The van der Waals surface area contributed by atoms with Crippen molar-refractivity contribution in [3.05, 3.63) is 34.9 Å². The number of nitrogens with two attached hydrogens (primary N) is 1. The predicted molar refractivity (Wildman–Crippen MR) is 55.1 cm³/mol. The Labute approximate surface area is 83.9 Å². The molecule has 0 saturated carbocycles. The van der Waals surface area contributed by atoms with Crippen LogP contribution in [0.25, 0.3) is 0 Å². The highest BCUT2D eigenvalue weighted by molar-refractivity contribution is 5.91. The van der Waals surface area contributed by atoms with E-state index in [-0.39, 0.29) is 12.0 Å². The highest BCUT2D eigenvalue weighted by atomic mass is 16.5. The van der Waals surface area contributed by atoms with Crippen LogP contribution in [0.5, 0.6) is 0 Å². The zero-order valence-corrected chi connectivity index (χ0v) is 8.70. The topological polar surface area (TPSA) is 52.3 Å². The van der Waals surface area contributed by atoms with E-state index >= 15 is 0 Å². The van der Waals surface area contributed by atoms with Gasteiger partial charge in [-0.25, -0.2) is 4.79 Å². The van der Waals surface area contributed by atoms with E-state index in [2.05, 4.69) is 4.74 Å².